The smallest absolute Gasteiger partial charge is 0.306 e. The van der Waals surface area contributed by atoms with Crippen molar-refractivity contribution < 1.29 is 24.9 Å². The number of hydrazine groups is 1. The van der Waals surface area contributed by atoms with Crippen molar-refractivity contribution in [1.29, 1.82) is 0 Å². The van der Waals surface area contributed by atoms with Crippen molar-refractivity contribution in [2.75, 3.05) is 6.54 Å². The van der Waals surface area contributed by atoms with E-state index in [9.17, 15) is 10.0 Å². The lowest BCUT2D eigenvalue weighted by Gasteiger charge is -2.26. The summed E-state index contributed by atoms with van der Waals surface area (Å²) in [4.78, 5) is 16.9. The highest BCUT2D eigenvalue weighted by atomic mass is 16.7. The minimum Gasteiger partial charge on any atom is -0.481 e. The Balaban J connectivity index is 2.50. The van der Waals surface area contributed by atoms with Crippen LogP contribution >= 0.6 is 0 Å². The lowest BCUT2D eigenvalue weighted by atomic mass is 9.88. The zero-order valence-electron chi connectivity index (χ0n) is 12.7. The molecule has 20 heavy (non-hydrogen) atoms. The third-order valence-corrected chi connectivity index (χ3v) is 3.58. The quantitative estimate of drug-likeness (QED) is 0.461. The summed E-state index contributed by atoms with van der Waals surface area (Å²) in [6.07, 6.45) is 2.36. The van der Waals surface area contributed by atoms with Gasteiger partial charge in [-0.25, -0.2) is 5.21 Å². The molecule has 0 amide bonds. The van der Waals surface area contributed by atoms with Crippen molar-refractivity contribution in [2.45, 2.75) is 65.0 Å². The van der Waals surface area contributed by atoms with Gasteiger partial charge in [-0.3, -0.25) is 4.79 Å². The SMILES string of the molecule is CCN(/[N+](O)=N/O[C@H]1CC[C@H](C(=O)O)CC1)C(C)(C)C. The molecule has 1 rings (SSSR count). The first-order valence-corrected chi connectivity index (χ1v) is 7.11. The van der Waals surface area contributed by atoms with Crippen LogP contribution in [-0.4, -0.2) is 44.4 Å². The molecule has 0 atom stereocenters. The average Bonchev–Trinajstić information content (AvgIpc) is 2.36. The molecule has 116 valence electrons. The highest BCUT2D eigenvalue weighted by molar-refractivity contribution is 5.69. The number of carboxylic acid groups (broad SMARTS) is 1. The predicted molar refractivity (Wildman–Crippen MR) is 71.1 cm³/mol. The number of carbonyl (C=O) groups is 1. The standard InChI is InChI=1S/C13H25N3O4/c1-5-15(13(2,3)4)16(19)14-20-11-8-6-10(7-9-11)12(17)18/h10-11H,5-9H2,1-4H3,(H-,14,17,18,19)/p+1/t10-,11-. The molecule has 0 spiro atoms. The van der Waals surface area contributed by atoms with Gasteiger partial charge < -0.3 is 9.94 Å². The summed E-state index contributed by atoms with van der Waals surface area (Å²) in [7, 11) is 0. The zero-order chi connectivity index (χ0) is 15.3. The van der Waals surface area contributed by atoms with Crippen LogP contribution < -0.4 is 0 Å². The second kappa shape index (κ2) is 6.76. The second-order valence-corrected chi connectivity index (χ2v) is 6.15. The molecule has 0 heterocycles. The van der Waals surface area contributed by atoms with E-state index < -0.39 is 5.97 Å². The molecule has 2 N–H and O–H groups in total. The fraction of sp³-hybridized carbons (Fsp3) is 0.923. The molecule has 0 aromatic heterocycles. The lowest BCUT2D eigenvalue weighted by Crippen LogP contribution is -2.46. The first-order valence-electron chi connectivity index (χ1n) is 7.11. The first-order chi connectivity index (χ1) is 9.25. The van der Waals surface area contributed by atoms with Gasteiger partial charge in [0.1, 0.15) is 6.10 Å². The average molecular weight is 288 g/mol. The van der Waals surface area contributed by atoms with Crippen molar-refractivity contribution in [3.63, 3.8) is 0 Å². The van der Waals surface area contributed by atoms with E-state index in [1.165, 1.54) is 0 Å². The maximum atomic E-state index is 10.8. The zero-order valence-corrected chi connectivity index (χ0v) is 12.7. The summed E-state index contributed by atoms with van der Waals surface area (Å²) in [5.41, 5.74) is -0.267. The molecule has 0 radical (unpaired) electrons. The van der Waals surface area contributed by atoms with Crippen LogP contribution in [-0.2, 0) is 9.63 Å². The number of aliphatic carboxylic acids is 1. The van der Waals surface area contributed by atoms with Crippen molar-refractivity contribution in [3.8, 4) is 0 Å². The lowest BCUT2D eigenvalue weighted by molar-refractivity contribution is -0.949. The Labute approximate surface area is 119 Å². The minimum atomic E-state index is -0.742. The van der Waals surface area contributed by atoms with E-state index in [1.807, 2.05) is 27.7 Å². The molecule has 0 unspecified atom stereocenters. The van der Waals surface area contributed by atoms with Crippen molar-refractivity contribution in [3.05, 3.63) is 0 Å². The van der Waals surface area contributed by atoms with Crippen LogP contribution in [0.15, 0.2) is 5.28 Å². The summed E-state index contributed by atoms with van der Waals surface area (Å²) >= 11 is 0. The van der Waals surface area contributed by atoms with E-state index in [4.69, 9.17) is 9.94 Å². The van der Waals surface area contributed by atoms with E-state index in [0.717, 1.165) is 4.97 Å². The molecule has 7 heteroatoms. The molecule has 0 aliphatic heterocycles. The summed E-state index contributed by atoms with van der Waals surface area (Å²) in [5, 5.41) is 24.2. The first kappa shape index (κ1) is 16.5. The predicted octanol–water partition coefficient (Wildman–Crippen LogP) is 2.45. The Morgan fingerprint density at radius 3 is 2.30 bits per heavy atom. The van der Waals surface area contributed by atoms with Crippen LogP contribution in [0.2, 0.25) is 0 Å². The van der Waals surface area contributed by atoms with Crippen molar-refractivity contribution in [2.24, 2.45) is 11.2 Å². The maximum absolute atomic E-state index is 10.8. The van der Waals surface area contributed by atoms with E-state index in [0.29, 0.717) is 32.2 Å². The van der Waals surface area contributed by atoms with Crippen LogP contribution in [0, 0.1) is 5.92 Å². The van der Waals surface area contributed by atoms with Gasteiger partial charge in [0, 0.05) is 0 Å². The summed E-state index contributed by atoms with van der Waals surface area (Å²) in [6, 6.07) is 0. The molecule has 1 aliphatic rings. The van der Waals surface area contributed by atoms with E-state index >= 15 is 0 Å². The van der Waals surface area contributed by atoms with Gasteiger partial charge in [0.2, 0.25) is 0 Å². The van der Waals surface area contributed by atoms with Gasteiger partial charge >= 0.3 is 5.97 Å². The fourth-order valence-corrected chi connectivity index (χ4v) is 2.44. The van der Waals surface area contributed by atoms with Gasteiger partial charge in [-0.2, -0.15) is 0 Å². The van der Waals surface area contributed by atoms with Crippen LogP contribution in [0.25, 0.3) is 0 Å². The van der Waals surface area contributed by atoms with Crippen LogP contribution in [0.3, 0.4) is 0 Å². The van der Waals surface area contributed by atoms with Crippen LogP contribution in [0.5, 0.6) is 0 Å². The monoisotopic (exact) mass is 288 g/mol. The molecule has 0 saturated heterocycles. The van der Waals surface area contributed by atoms with Crippen LogP contribution in [0.1, 0.15) is 53.4 Å². The van der Waals surface area contributed by atoms with Crippen LogP contribution in [0.4, 0.5) is 0 Å². The van der Waals surface area contributed by atoms with Gasteiger partial charge in [-0.1, -0.05) is 0 Å². The summed E-state index contributed by atoms with van der Waals surface area (Å²) in [5.74, 6) is -1.02. The van der Waals surface area contributed by atoms with Crippen molar-refractivity contribution in [1.82, 2.24) is 5.01 Å². The summed E-state index contributed by atoms with van der Waals surface area (Å²) in [6.45, 7) is 8.41. The normalized spacial score (nSPS) is 24.3. The Hall–Kier alpha value is -1.53. The molecular weight excluding hydrogens is 262 g/mol. The maximum Gasteiger partial charge on any atom is 0.306 e. The minimum absolute atomic E-state index is 0.126. The molecule has 0 aromatic rings. The van der Waals surface area contributed by atoms with Gasteiger partial charge in [0.25, 0.3) is 10.2 Å². The molecule has 0 aromatic carbocycles. The molecule has 1 fully saturated rings. The number of rotatable bonds is 5. The Bertz CT molecular complexity index is 357. The number of hydrogen-bond donors (Lipinski definition) is 2. The fourth-order valence-electron chi connectivity index (χ4n) is 2.44. The molecule has 7 nitrogen and oxygen atoms in total. The third-order valence-electron chi connectivity index (χ3n) is 3.58. The molecule has 1 aliphatic carbocycles. The van der Waals surface area contributed by atoms with Gasteiger partial charge in [-0.05, 0) is 53.4 Å². The van der Waals surface area contributed by atoms with Crippen molar-refractivity contribution >= 4 is 5.97 Å². The summed E-state index contributed by atoms with van der Waals surface area (Å²) < 4.78 is 0. The van der Waals surface area contributed by atoms with E-state index in [-0.39, 0.29) is 17.6 Å². The topological polar surface area (TPSA) is 85.4 Å². The van der Waals surface area contributed by atoms with Gasteiger partial charge in [0.15, 0.2) is 0 Å². The number of nitrogens with zero attached hydrogens (tertiary/aromatic N) is 3. The number of carboxylic acids is 1. The van der Waals surface area contributed by atoms with Gasteiger partial charge in [0.05, 0.1) is 18.0 Å². The second-order valence-electron chi connectivity index (χ2n) is 6.15. The van der Waals surface area contributed by atoms with Gasteiger partial charge in [-0.15, -0.1) is 5.01 Å². The van der Waals surface area contributed by atoms with E-state index in [1.54, 1.807) is 5.01 Å². The Kier molecular flexibility index (Phi) is 5.59. The molecule has 1 saturated carbocycles. The molecule has 0 bridgehead atoms. The Morgan fingerprint density at radius 2 is 1.90 bits per heavy atom. The largest absolute Gasteiger partial charge is 0.481 e. The highest BCUT2D eigenvalue weighted by Crippen LogP contribution is 2.26. The Morgan fingerprint density at radius 1 is 1.35 bits per heavy atom. The highest BCUT2D eigenvalue weighted by Gasteiger charge is 2.32. The molecular formula is C13H26N3O4+. The van der Waals surface area contributed by atoms with E-state index in [2.05, 4.69) is 5.28 Å². The third kappa shape index (κ3) is 4.54. The number of hydrogen-bond acceptors (Lipinski definition) is 3.